The van der Waals surface area contributed by atoms with Crippen molar-refractivity contribution in [2.45, 2.75) is 0 Å². The Kier molecular flexibility index (Phi) is 8.48. The number of nitrogens with zero attached hydrogens (tertiary/aromatic N) is 5. The molecule has 4 heterocycles. The predicted octanol–water partition coefficient (Wildman–Crippen LogP) is 16.1. The van der Waals surface area contributed by atoms with E-state index in [2.05, 4.69) is 193 Å². The molecule has 6 heteroatoms. The van der Waals surface area contributed by atoms with Crippen LogP contribution in [0.4, 0.5) is 0 Å². The maximum absolute atomic E-state index is 6.37. The molecule has 0 amide bonds. The molecule has 0 unspecified atom stereocenters. The van der Waals surface area contributed by atoms with Crippen LogP contribution in [0.3, 0.4) is 0 Å². The minimum absolute atomic E-state index is 0.458. The summed E-state index contributed by atoms with van der Waals surface area (Å²) in [6.45, 7) is 0. The van der Waals surface area contributed by atoms with E-state index < -0.39 is 0 Å². The summed E-state index contributed by atoms with van der Waals surface area (Å²) in [7, 11) is 0. The van der Waals surface area contributed by atoms with Gasteiger partial charge in [-0.05, 0) is 80.2 Å². The Morgan fingerprint density at radius 3 is 1.53 bits per heavy atom. The number of para-hydroxylation sites is 2. The van der Waals surface area contributed by atoms with Gasteiger partial charge in [0.15, 0.2) is 17.5 Å². The number of furan rings is 1. The molecule has 0 bridgehead atoms. The molecule has 0 saturated carbocycles. The highest BCUT2D eigenvalue weighted by Crippen LogP contribution is 2.44. The van der Waals surface area contributed by atoms with Crippen LogP contribution in [-0.2, 0) is 0 Å². The minimum atomic E-state index is 0.458. The van der Waals surface area contributed by atoms with E-state index in [1.807, 2.05) is 36.5 Å². The summed E-state index contributed by atoms with van der Waals surface area (Å²) in [5.74, 6) is 1.57. The lowest BCUT2D eigenvalue weighted by Crippen LogP contribution is -2.03. The number of hydrogen-bond donors (Lipinski definition) is 0. The molecule has 0 aliphatic heterocycles. The zero-order valence-corrected chi connectivity index (χ0v) is 36.5. The molecule has 0 spiro atoms. The molecule has 14 rings (SSSR count). The molecule has 10 aromatic carbocycles. The summed E-state index contributed by atoms with van der Waals surface area (Å²) in [5.41, 5.74) is 12.0. The summed E-state index contributed by atoms with van der Waals surface area (Å²) >= 11 is 0. The van der Waals surface area contributed by atoms with Crippen LogP contribution in [0.1, 0.15) is 0 Å². The summed E-state index contributed by atoms with van der Waals surface area (Å²) in [5, 5.41) is 11.0. The molecule has 0 saturated heterocycles. The van der Waals surface area contributed by atoms with Gasteiger partial charge in [-0.15, -0.1) is 0 Å². The zero-order valence-electron chi connectivity index (χ0n) is 36.5. The second-order valence-corrected chi connectivity index (χ2v) is 17.3. The van der Waals surface area contributed by atoms with Crippen molar-refractivity contribution in [2.24, 2.45) is 0 Å². The van der Waals surface area contributed by atoms with Gasteiger partial charge >= 0.3 is 0 Å². The van der Waals surface area contributed by atoms with E-state index in [4.69, 9.17) is 24.4 Å². The lowest BCUT2D eigenvalue weighted by Gasteiger charge is -2.17. The summed E-state index contributed by atoms with van der Waals surface area (Å²) < 4.78 is 8.82. The molecule has 0 aliphatic carbocycles. The van der Waals surface area contributed by atoms with Crippen LogP contribution in [0.5, 0.6) is 0 Å². The highest BCUT2D eigenvalue weighted by atomic mass is 16.3. The van der Waals surface area contributed by atoms with Crippen LogP contribution in [0.2, 0.25) is 0 Å². The van der Waals surface area contributed by atoms with E-state index in [0.29, 0.717) is 23.2 Å². The third-order valence-electron chi connectivity index (χ3n) is 13.5. The van der Waals surface area contributed by atoms with Gasteiger partial charge in [-0.1, -0.05) is 176 Å². The first-order valence-corrected chi connectivity index (χ1v) is 22.9. The van der Waals surface area contributed by atoms with Crippen LogP contribution < -0.4 is 0 Å². The number of hydrogen-bond acceptors (Lipinski definition) is 5. The van der Waals surface area contributed by atoms with Gasteiger partial charge in [-0.2, -0.15) is 0 Å². The predicted molar refractivity (Wildman–Crippen MR) is 279 cm³/mol. The quantitative estimate of drug-likeness (QED) is 0.166. The zero-order chi connectivity index (χ0) is 44.7. The van der Waals surface area contributed by atoms with E-state index in [0.717, 1.165) is 76.9 Å². The third kappa shape index (κ3) is 5.91. The summed E-state index contributed by atoms with van der Waals surface area (Å²) in [4.78, 5) is 20.9. The fraction of sp³-hybridized carbons (Fsp3) is 0. The summed E-state index contributed by atoms with van der Waals surface area (Å²) in [6, 6.07) is 77.0. The molecule has 0 N–H and O–H groups in total. The standard InChI is InChI=1S/C62H37N5O/c1-3-17-38(18-4-1)40-31-32-49(42-22-8-7-21-41(40)42)60-64-61(66-62(65-60)54-36-58-53(37-63-54)47-27-14-16-30-57(47)68-58)50-33-34-56(45-25-11-9-23-43(45)50)67-55-29-15-13-26-46(55)52-35-51(39-19-5-2-6-20-39)44-24-10-12-28-48(44)59(52)67/h1-37H. The number of pyridine rings is 1. The van der Waals surface area contributed by atoms with Crippen molar-refractivity contribution in [1.29, 1.82) is 0 Å². The maximum Gasteiger partial charge on any atom is 0.182 e. The molecule has 4 aromatic heterocycles. The molecule has 0 atom stereocenters. The van der Waals surface area contributed by atoms with Crippen molar-refractivity contribution in [2.75, 3.05) is 0 Å². The van der Waals surface area contributed by atoms with Gasteiger partial charge in [0.1, 0.15) is 16.9 Å². The minimum Gasteiger partial charge on any atom is -0.456 e. The molecule has 0 aliphatic rings. The van der Waals surface area contributed by atoms with E-state index in [-0.39, 0.29) is 0 Å². The Bertz CT molecular complexity index is 4330. The first-order chi connectivity index (χ1) is 33.7. The van der Waals surface area contributed by atoms with Crippen molar-refractivity contribution in [1.82, 2.24) is 24.5 Å². The fourth-order valence-electron chi connectivity index (χ4n) is 10.4. The van der Waals surface area contributed by atoms with Crippen molar-refractivity contribution in [3.63, 3.8) is 0 Å². The van der Waals surface area contributed by atoms with Gasteiger partial charge in [0, 0.05) is 55.7 Å². The molecule has 6 nitrogen and oxygen atoms in total. The van der Waals surface area contributed by atoms with Crippen LogP contribution in [0.25, 0.3) is 138 Å². The van der Waals surface area contributed by atoms with Gasteiger partial charge < -0.3 is 8.98 Å². The average molecular weight is 868 g/mol. The molecular weight excluding hydrogens is 831 g/mol. The van der Waals surface area contributed by atoms with Crippen LogP contribution >= 0.6 is 0 Å². The van der Waals surface area contributed by atoms with Crippen molar-refractivity contribution in [3.05, 3.63) is 225 Å². The highest BCUT2D eigenvalue weighted by molar-refractivity contribution is 6.23. The highest BCUT2D eigenvalue weighted by Gasteiger charge is 2.23. The molecule has 0 fully saturated rings. The third-order valence-corrected chi connectivity index (χ3v) is 13.5. The monoisotopic (exact) mass is 867 g/mol. The topological polar surface area (TPSA) is 69.6 Å². The second-order valence-electron chi connectivity index (χ2n) is 17.3. The first kappa shape index (κ1) is 38.1. The number of fused-ring (bicyclic) bond motifs is 10. The van der Waals surface area contributed by atoms with E-state index in [1.54, 1.807) is 0 Å². The van der Waals surface area contributed by atoms with E-state index in [9.17, 15) is 0 Å². The first-order valence-electron chi connectivity index (χ1n) is 22.9. The Morgan fingerprint density at radius 1 is 0.324 bits per heavy atom. The van der Waals surface area contributed by atoms with Crippen LogP contribution in [0.15, 0.2) is 229 Å². The lowest BCUT2D eigenvalue weighted by molar-refractivity contribution is 0.668. The molecule has 0 radical (unpaired) electrons. The molecule has 316 valence electrons. The van der Waals surface area contributed by atoms with Crippen molar-refractivity contribution < 1.29 is 4.42 Å². The van der Waals surface area contributed by atoms with Crippen molar-refractivity contribution >= 4 is 76.1 Å². The Morgan fingerprint density at radius 2 is 0.824 bits per heavy atom. The largest absolute Gasteiger partial charge is 0.456 e. The van der Waals surface area contributed by atoms with Gasteiger partial charge in [0.2, 0.25) is 0 Å². The number of benzene rings is 10. The Hall–Kier alpha value is -9.26. The van der Waals surface area contributed by atoms with Crippen LogP contribution in [0, 0.1) is 0 Å². The summed E-state index contributed by atoms with van der Waals surface area (Å²) in [6.07, 6.45) is 1.87. The van der Waals surface area contributed by atoms with Gasteiger partial charge in [-0.25, -0.2) is 15.0 Å². The van der Waals surface area contributed by atoms with Gasteiger partial charge in [0.05, 0.1) is 16.7 Å². The Balaban J connectivity index is 1.01. The fourth-order valence-corrected chi connectivity index (χ4v) is 10.4. The average Bonchev–Trinajstić information content (AvgIpc) is 3.96. The Labute approximate surface area is 390 Å². The van der Waals surface area contributed by atoms with Gasteiger partial charge in [0.25, 0.3) is 0 Å². The van der Waals surface area contributed by atoms with Crippen LogP contribution in [-0.4, -0.2) is 24.5 Å². The lowest BCUT2D eigenvalue weighted by atomic mass is 9.94. The number of rotatable bonds is 6. The maximum atomic E-state index is 6.37. The normalized spacial score (nSPS) is 11.8. The number of aromatic nitrogens is 5. The van der Waals surface area contributed by atoms with E-state index >= 15 is 0 Å². The van der Waals surface area contributed by atoms with E-state index in [1.165, 1.54) is 38.2 Å². The molecule has 68 heavy (non-hydrogen) atoms. The van der Waals surface area contributed by atoms with Crippen molar-refractivity contribution in [3.8, 4) is 62.2 Å². The molecule has 14 aromatic rings. The second kappa shape index (κ2) is 15.2. The van der Waals surface area contributed by atoms with Gasteiger partial charge in [-0.3, -0.25) is 4.98 Å². The SMILES string of the molecule is c1ccc(-c2ccc(-c3nc(-c4cc5oc6ccccc6c5cn4)nc(-c4ccc(-n5c6ccccc6c6cc(-c7ccccc7)c7ccccc7c65)c5ccccc45)n3)c3ccccc23)cc1. The smallest absolute Gasteiger partial charge is 0.182 e. The molecular formula is C62H37N5O.